The van der Waals surface area contributed by atoms with Gasteiger partial charge >= 0.3 is 0 Å². The number of likely N-dealkylation sites (N-methyl/N-ethyl adjacent to an activating group) is 1. The lowest BCUT2D eigenvalue weighted by Gasteiger charge is -2.42. The Morgan fingerprint density at radius 2 is 1.83 bits per heavy atom. The lowest BCUT2D eigenvalue weighted by Crippen LogP contribution is -2.57. The van der Waals surface area contributed by atoms with Gasteiger partial charge in [-0.15, -0.1) is 0 Å². The molecule has 0 radical (unpaired) electrons. The summed E-state index contributed by atoms with van der Waals surface area (Å²) in [6.45, 7) is 8.12. The fourth-order valence-electron chi connectivity index (χ4n) is 3.50. The quantitative estimate of drug-likeness (QED) is 0.674. The fraction of sp³-hybridized carbons (Fsp3) is 0.875. The normalized spacial score (nSPS) is 21.9. The number of carbonyl (C=O) groups is 2. The van der Waals surface area contributed by atoms with Gasteiger partial charge in [0.05, 0.1) is 18.6 Å². The SMILES string of the molecule is CCNC(=O)CN1CCN(C(=O)C2(COC)CCNCC2)CC1. The molecule has 0 aromatic carbocycles. The highest BCUT2D eigenvalue weighted by Gasteiger charge is 2.42. The van der Waals surface area contributed by atoms with E-state index in [9.17, 15) is 9.59 Å². The average Bonchev–Trinajstić information content (AvgIpc) is 2.56. The van der Waals surface area contributed by atoms with Crippen molar-refractivity contribution < 1.29 is 14.3 Å². The second-order valence-electron chi connectivity index (χ2n) is 6.49. The van der Waals surface area contributed by atoms with Crippen molar-refractivity contribution in [3.63, 3.8) is 0 Å². The highest BCUT2D eigenvalue weighted by molar-refractivity contribution is 5.83. The molecule has 0 bridgehead atoms. The van der Waals surface area contributed by atoms with E-state index in [1.165, 1.54) is 0 Å². The zero-order valence-electron chi connectivity index (χ0n) is 14.4. The van der Waals surface area contributed by atoms with Gasteiger partial charge < -0.3 is 20.3 Å². The average molecular weight is 326 g/mol. The number of piperidine rings is 1. The Balaban J connectivity index is 1.88. The number of methoxy groups -OCH3 is 1. The Morgan fingerprint density at radius 1 is 1.17 bits per heavy atom. The first kappa shape index (κ1) is 18.2. The van der Waals surface area contributed by atoms with Gasteiger partial charge in [-0.2, -0.15) is 0 Å². The number of rotatable bonds is 6. The van der Waals surface area contributed by atoms with Gasteiger partial charge in [0.25, 0.3) is 0 Å². The first-order chi connectivity index (χ1) is 11.1. The smallest absolute Gasteiger partial charge is 0.234 e. The molecule has 2 saturated heterocycles. The minimum Gasteiger partial charge on any atom is -0.384 e. The van der Waals surface area contributed by atoms with E-state index in [1.807, 2.05) is 11.8 Å². The van der Waals surface area contributed by atoms with E-state index in [1.54, 1.807) is 7.11 Å². The lowest BCUT2D eigenvalue weighted by molar-refractivity contribution is -0.149. The van der Waals surface area contributed by atoms with Crippen LogP contribution in [0.25, 0.3) is 0 Å². The van der Waals surface area contributed by atoms with E-state index < -0.39 is 0 Å². The largest absolute Gasteiger partial charge is 0.384 e. The van der Waals surface area contributed by atoms with E-state index in [2.05, 4.69) is 15.5 Å². The number of carbonyl (C=O) groups excluding carboxylic acids is 2. The first-order valence-corrected chi connectivity index (χ1v) is 8.59. The van der Waals surface area contributed by atoms with Gasteiger partial charge in [0.1, 0.15) is 0 Å². The van der Waals surface area contributed by atoms with Crippen molar-refractivity contribution in [2.75, 3.05) is 66.1 Å². The fourth-order valence-corrected chi connectivity index (χ4v) is 3.50. The zero-order chi connectivity index (χ0) is 16.7. The number of piperazine rings is 1. The Morgan fingerprint density at radius 3 is 2.39 bits per heavy atom. The van der Waals surface area contributed by atoms with Gasteiger partial charge in [0.2, 0.25) is 11.8 Å². The molecule has 2 aliphatic rings. The summed E-state index contributed by atoms with van der Waals surface area (Å²) in [6, 6.07) is 0. The molecule has 0 saturated carbocycles. The minimum atomic E-state index is -0.373. The molecule has 0 aromatic rings. The standard InChI is InChI=1S/C16H30N4O3/c1-3-18-14(21)12-19-8-10-20(11-9-19)15(22)16(13-23-2)4-6-17-7-5-16/h17H,3-13H2,1-2H3,(H,18,21). The Bertz CT molecular complexity index is 397. The molecule has 0 spiro atoms. The maximum Gasteiger partial charge on any atom is 0.234 e. The maximum atomic E-state index is 13.0. The molecule has 7 heteroatoms. The third-order valence-corrected chi connectivity index (χ3v) is 4.84. The summed E-state index contributed by atoms with van der Waals surface area (Å²) in [4.78, 5) is 28.7. The van der Waals surface area contributed by atoms with Crippen LogP contribution in [0, 0.1) is 5.41 Å². The van der Waals surface area contributed by atoms with Crippen LogP contribution in [0.4, 0.5) is 0 Å². The maximum absolute atomic E-state index is 13.0. The van der Waals surface area contributed by atoms with Crippen LogP contribution in [0.5, 0.6) is 0 Å². The topological polar surface area (TPSA) is 73.9 Å². The molecule has 0 unspecified atom stereocenters. The summed E-state index contributed by atoms with van der Waals surface area (Å²) >= 11 is 0. The molecule has 2 amide bonds. The molecule has 2 fully saturated rings. The van der Waals surface area contributed by atoms with Gasteiger partial charge in [-0.25, -0.2) is 0 Å². The molecule has 2 rings (SSSR count). The van der Waals surface area contributed by atoms with Crippen molar-refractivity contribution in [1.82, 2.24) is 20.4 Å². The number of nitrogens with zero attached hydrogens (tertiary/aromatic N) is 2. The predicted molar refractivity (Wildman–Crippen MR) is 88.1 cm³/mol. The highest BCUT2D eigenvalue weighted by atomic mass is 16.5. The number of hydrogen-bond donors (Lipinski definition) is 2. The van der Waals surface area contributed by atoms with Crippen LogP contribution in [0.1, 0.15) is 19.8 Å². The molecule has 0 atom stereocenters. The Kier molecular flexibility index (Phi) is 6.80. The van der Waals surface area contributed by atoms with Crippen LogP contribution >= 0.6 is 0 Å². The molecule has 7 nitrogen and oxygen atoms in total. The van der Waals surface area contributed by atoms with Crippen LogP contribution in [0.2, 0.25) is 0 Å². The highest BCUT2D eigenvalue weighted by Crippen LogP contribution is 2.32. The van der Waals surface area contributed by atoms with Crippen molar-refractivity contribution >= 4 is 11.8 Å². The monoisotopic (exact) mass is 326 g/mol. The van der Waals surface area contributed by atoms with E-state index in [0.29, 0.717) is 32.8 Å². The number of amides is 2. The van der Waals surface area contributed by atoms with Crippen LogP contribution < -0.4 is 10.6 Å². The second kappa shape index (κ2) is 8.61. The van der Waals surface area contributed by atoms with Gasteiger partial charge in [0.15, 0.2) is 0 Å². The van der Waals surface area contributed by atoms with E-state index in [-0.39, 0.29) is 17.2 Å². The summed E-state index contributed by atoms with van der Waals surface area (Å²) < 4.78 is 5.36. The first-order valence-electron chi connectivity index (χ1n) is 8.59. The van der Waals surface area contributed by atoms with Crippen LogP contribution in [-0.2, 0) is 14.3 Å². The van der Waals surface area contributed by atoms with Gasteiger partial charge in [-0.05, 0) is 32.9 Å². The van der Waals surface area contributed by atoms with Gasteiger partial charge in [-0.3, -0.25) is 14.5 Å². The Labute approximate surface area is 138 Å². The minimum absolute atomic E-state index is 0.0569. The van der Waals surface area contributed by atoms with Crippen molar-refractivity contribution in [2.24, 2.45) is 5.41 Å². The second-order valence-corrected chi connectivity index (χ2v) is 6.49. The molecule has 0 aromatic heterocycles. The number of nitrogens with one attached hydrogen (secondary N) is 2. The molecular weight excluding hydrogens is 296 g/mol. The van der Waals surface area contributed by atoms with Crippen molar-refractivity contribution in [3.8, 4) is 0 Å². The van der Waals surface area contributed by atoms with Gasteiger partial charge in [0, 0.05) is 39.8 Å². The van der Waals surface area contributed by atoms with Crippen LogP contribution in [0.15, 0.2) is 0 Å². The summed E-state index contributed by atoms with van der Waals surface area (Å²) in [5, 5.41) is 6.13. The molecular formula is C16H30N4O3. The summed E-state index contributed by atoms with van der Waals surface area (Å²) in [5.74, 6) is 0.278. The lowest BCUT2D eigenvalue weighted by atomic mass is 9.78. The van der Waals surface area contributed by atoms with E-state index >= 15 is 0 Å². The third-order valence-electron chi connectivity index (χ3n) is 4.84. The molecule has 2 N–H and O–H groups in total. The summed E-state index contributed by atoms with van der Waals surface area (Å²) in [7, 11) is 1.67. The van der Waals surface area contributed by atoms with Crippen molar-refractivity contribution in [3.05, 3.63) is 0 Å². The van der Waals surface area contributed by atoms with Crippen molar-refractivity contribution in [1.29, 1.82) is 0 Å². The number of ether oxygens (including phenoxy) is 1. The van der Waals surface area contributed by atoms with Gasteiger partial charge in [-0.1, -0.05) is 0 Å². The predicted octanol–water partition coefficient (Wildman–Crippen LogP) is -0.717. The molecule has 23 heavy (non-hydrogen) atoms. The van der Waals surface area contributed by atoms with E-state index in [0.717, 1.165) is 39.0 Å². The molecule has 0 aliphatic carbocycles. The summed E-state index contributed by atoms with van der Waals surface area (Å²) in [6.07, 6.45) is 1.66. The third kappa shape index (κ3) is 4.65. The molecule has 132 valence electrons. The van der Waals surface area contributed by atoms with Crippen molar-refractivity contribution in [2.45, 2.75) is 19.8 Å². The summed E-state index contributed by atoms with van der Waals surface area (Å²) in [5.41, 5.74) is -0.373. The van der Waals surface area contributed by atoms with Crippen LogP contribution in [0.3, 0.4) is 0 Å². The molecule has 2 heterocycles. The molecule has 2 aliphatic heterocycles. The van der Waals surface area contributed by atoms with Crippen LogP contribution in [-0.4, -0.2) is 87.7 Å². The zero-order valence-corrected chi connectivity index (χ0v) is 14.4. The Hall–Kier alpha value is -1.18. The van der Waals surface area contributed by atoms with E-state index in [4.69, 9.17) is 4.74 Å². The number of hydrogen-bond acceptors (Lipinski definition) is 5.